The minimum atomic E-state index is -0.289. The summed E-state index contributed by atoms with van der Waals surface area (Å²) >= 11 is 15.8. The molecule has 0 saturated carbocycles. The Balaban J connectivity index is 1.73. The van der Waals surface area contributed by atoms with E-state index < -0.39 is 0 Å². The molecule has 1 N–H and O–H groups in total. The summed E-state index contributed by atoms with van der Waals surface area (Å²) < 4.78 is 6.19. The standard InChI is InChI=1S/C18H10BrCl2N3O2/c19-10-4-5-15-9(6-10)7-12(18(25)22-15)17-23-16(26-24-17)8-11-13(20)2-1-3-14(11)21/h1-7H,8H2,(H,22,25). The van der Waals surface area contributed by atoms with E-state index in [4.69, 9.17) is 27.7 Å². The molecule has 0 aliphatic rings. The number of benzene rings is 2. The first kappa shape index (κ1) is 17.3. The Morgan fingerprint density at radius 1 is 1.12 bits per heavy atom. The van der Waals surface area contributed by atoms with Crippen LogP contribution in [-0.4, -0.2) is 15.1 Å². The van der Waals surface area contributed by atoms with Crippen LogP contribution in [0.3, 0.4) is 0 Å². The van der Waals surface area contributed by atoms with Crippen molar-refractivity contribution < 1.29 is 4.52 Å². The molecule has 0 aliphatic carbocycles. The highest BCUT2D eigenvalue weighted by Crippen LogP contribution is 2.27. The van der Waals surface area contributed by atoms with E-state index in [0.717, 1.165) is 15.4 Å². The molecule has 5 nitrogen and oxygen atoms in total. The van der Waals surface area contributed by atoms with Gasteiger partial charge in [-0.1, -0.05) is 50.4 Å². The second-order valence-electron chi connectivity index (χ2n) is 5.63. The molecule has 2 aromatic carbocycles. The van der Waals surface area contributed by atoms with Gasteiger partial charge in [-0.25, -0.2) is 0 Å². The maximum absolute atomic E-state index is 12.4. The van der Waals surface area contributed by atoms with Crippen LogP contribution in [0.25, 0.3) is 22.3 Å². The monoisotopic (exact) mass is 449 g/mol. The number of nitrogens with one attached hydrogen (secondary N) is 1. The Kier molecular flexibility index (Phi) is 4.56. The van der Waals surface area contributed by atoms with Gasteiger partial charge in [0.1, 0.15) is 0 Å². The molecule has 4 rings (SSSR count). The number of aromatic nitrogens is 3. The lowest BCUT2D eigenvalue weighted by Crippen LogP contribution is -2.09. The molecule has 0 spiro atoms. The van der Waals surface area contributed by atoms with Crippen LogP contribution >= 0.6 is 39.1 Å². The third-order valence-corrected chi connectivity index (χ3v) is 5.11. The maximum Gasteiger partial charge on any atom is 0.259 e. The smallest absolute Gasteiger partial charge is 0.259 e. The van der Waals surface area contributed by atoms with Gasteiger partial charge in [0.25, 0.3) is 5.56 Å². The van der Waals surface area contributed by atoms with Crippen LogP contribution in [-0.2, 0) is 6.42 Å². The lowest BCUT2D eigenvalue weighted by molar-refractivity contribution is 0.385. The normalized spacial score (nSPS) is 11.2. The maximum atomic E-state index is 12.4. The van der Waals surface area contributed by atoms with Crippen molar-refractivity contribution >= 4 is 50.0 Å². The summed E-state index contributed by atoms with van der Waals surface area (Å²) in [7, 11) is 0. The molecular weight excluding hydrogens is 441 g/mol. The van der Waals surface area contributed by atoms with Crippen LogP contribution in [0.5, 0.6) is 0 Å². The van der Waals surface area contributed by atoms with Crippen LogP contribution in [0.1, 0.15) is 11.5 Å². The lowest BCUT2D eigenvalue weighted by atomic mass is 10.1. The summed E-state index contributed by atoms with van der Waals surface area (Å²) in [6.45, 7) is 0. The van der Waals surface area contributed by atoms with E-state index >= 15 is 0 Å². The average molecular weight is 451 g/mol. The largest absolute Gasteiger partial charge is 0.339 e. The Morgan fingerprint density at radius 3 is 2.65 bits per heavy atom. The summed E-state index contributed by atoms with van der Waals surface area (Å²) in [6.07, 6.45) is 0.280. The highest BCUT2D eigenvalue weighted by molar-refractivity contribution is 9.10. The summed E-state index contributed by atoms with van der Waals surface area (Å²) in [5.74, 6) is 0.537. The Morgan fingerprint density at radius 2 is 1.88 bits per heavy atom. The Hall–Kier alpha value is -2.15. The molecule has 0 unspecified atom stereocenters. The third-order valence-electron chi connectivity index (χ3n) is 3.90. The van der Waals surface area contributed by atoms with Crippen LogP contribution in [0.2, 0.25) is 10.0 Å². The summed E-state index contributed by atoms with van der Waals surface area (Å²) in [4.78, 5) is 19.5. The van der Waals surface area contributed by atoms with E-state index in [-0.39, 0.29) is 17.8 Å². The van der Waals surface area contributed by atoms with Gasteiger partial charge in [0.05, 0.1) is 12.0 Å². The molecule has 0 fully saturated rings. The van der Waals surface area contributed by atoms with E-state index in [1.54, 1.807) is 24.3 Å². The molecule has 2 aromatic heterocycles. The number of nitrogens with zero attached hydrogens (tertiary/aromatic N) is 2. The van der Waals surface area contributed by atoms with Gasteiger partial charge < -0.3 is 9.51 Å². The zero-order valence-electron chi connectivity index (χ0n) is 13.1. The van der Waals surface area contributed by atoms with Gasteiger partial charge in [-0.05, 0) is 42.0 Å². The van der Waals surface area contributed by atoms with E-state index in [1.807, 2.05) is 18.2 Å². The first-order chi connectivity index (χ1) is 12.5. The number of hydrogen-bond acceptors (Lipinski definition) is 4. The molecule has 0 radical (unpaired) electrons. The van der Waals surface area contributed by atoms with Crippen molar-refractivity contribution in [3.8, 4) is 11.4 Å². The average Bonchev–Trinajstić information content (AvgIpc) is 3.06. The Bertz CT molecular complexity index is 1170. The van der Waals surface area contributed by atoms with E-state index in [0.29, 0.717) is 27.1 Å². The van der Waals surface area contributed by atoms with Gasteiger partial charge in [0.15, 0.2) is 0 Å². The van der Waals surface area contributed by atoms with Crippen molar-refractivity contribution in [1.29, 1.82) is 0 Å². The fourth-order valence-electron chi connectivity index (χ4n) is 2.63. The number of hydrogen-bond donors (Lipinski definition) is 1. The molecule has 0 saturated heterocycles. The predicted octanol–water partition coefficient (Wildman–Crippen LogP) is 5.24. The SMILES string of the molecule is O=c1[nH]c2ccc(Br)cc2cc1-c1noc(Cc2c(Cl)cccc2Cl)n1. The minimum absolute atomic E-state index is 0.214. The van der Waals surface area contributed by atoms with Gasteiger partial charge in [-0.2, -0.15) is 4.98 Å². The number of aromatic amines is 1. The first-order valence-corrected chi connectivity index (χ1v) is 9.14. The second-order valence-corrected chi connectivity index (χ2v) is 7.36. The fourth-order valence-corrected chi connectivity index (χ4v) is 3.54. The van der Waals surface area contributed by atoms with Gasteiger partial charge in [0, 0.05) is 25.4 Å². The fraction of sp³-hybridized carbons (Fsp3) is 0.0556. The van der Waals surface area contributed by atoms with Crippen molar-refractivity contribution in [1.82, 2.24) is 15.1 Å². The molecule has 130 valence electrons. The quantitative estimate of drug-likeness (QED) is 0.463. The number of pyridine rings is 1. The molecule has 4 aromatic rings. The minimum Gasteiger partial charge on any atom is -0.339 e. The molecule has 0 atom stereocenters. The molecule has 0 aliphatic heterocycles. The van der Waals surface area contributed by atoms with Gasteiger partial charge in [-0.3, -0.25) is 4.79 Å². The van der Waals surface area contributed by atoms with Crippen molar-refractivity contribution in [2.45, 2.75) is 6.42 Å². The van der Waals surface area contributed by atoms with Crippen molar-refractivity contribution in [3.63, 3.8) is 0 Å². The summed E-state index contributed by atoms with van der Waals surface area (Å²) in [5.41, 5.74) is 1.47. The topological polar surface area (TPSA) is 71.8 Å². The van der Waals surface area contributed by atoms with Gasteiger partial charge in [-0.15, -0.1) is 0 Å². The van der Waals surface area contributed by atoms with Crippen LogP contribution in [0.15, 0.2) is 56.3 Å². The highest BCUT2D eigenvalue weighted by atomic mass is 79.9. The number of H-pyrrole nitrogens is 1. The molecule has 26 heavy (non-hydrogen) atoms. The van der Waals surface area contributed by atoms with Crippen molar-refractivity contribution in [2.75, 3.05) is 0 Å². The van der Waals surface area contributed by atoms with Crippen LogP contribution in [0.4, 0.5) is 0 Å². The molecule has 2 heterocycles. The zero-order chi connectivity index (χ0) is 18.3. The molecular formula is C18H10BrCl2N3O2. The molecule has 0 amide bonds. The van der Waals surface area contributed by atoms with Crippen LogP contribution in [0, 0.1) is 0 Å². The third kappa shape index (κ3) is 3.28. The number of halogens is 3. The lowest BCUT2D eigenvalue weighted by Gasteiger charge is -2.03. The summed E-state index contributed by atoms with van der Waals surface area (Å²) in [6, 6.07) is 12.6. The predicted molar refractivity (Wildman–Crippen MR) is 105 cm³/mol. The highest BCUT2D eigenvalue weighted by Gasteiger charge is 2.16. The molecule has 8 heteroatoms. The second kappa shape index (κ2) is 6.87. The van der Waals surface area contributed by atoms with Crippen molar-refractivity contribution in [3.05, 3.63) is 78.8 Å². The number of fused-ring (bicyclic) bond motifs is 1. The first-order valence-electron chi connectivity index (χ1n) is 7.60. The van der Waals surface area contributed by atoms with E-state index in [2.05, 4.69) is 31.1 Å². The van der Waals surface area contributed by atoms with Crippen LogP contribution < -0.4 is 5.56 Å². The Labute approximate surface area is 166 Å². The van der Waals surface area contributed by atoms with Gasteiger partial charge >= 0.3 is 0 Å². The van der Waals surface area contributed by atoms with Gasteiger partial charge in [0.2, 0.25) is 11.7 Å². The molecule has 0 bridgehead atoms. The summed E-state index contributed by atoms with van der Waals surface area (Å²) in [5, 5.41) is 5.82. The van der Waals surface area contributed by atoms with E-state index in [1.165, 1.54) is 0 Å². The van der Waals surface area contributed by atoms with E-state index in [9.17, 15) is 4.79 Å². The number of rotatable bonds is 3. The zero-order valence-corrected chi connectivity index (χ0v) is 16.2. The van der Waals surface area contributed by atoms with Crippen molar-refractivity contribution in [2.24, 2.45) is 0 Å².